The predicted molar refractivity (Wildman–Crippen MR) is 103 cm³/mol. The molecule has 2 heterocycles. The van der Waals surface area contributed by atoms with Crippen LogP contribution in [0.2, 0.25) is 0 Å². The van der Waals surface area contributed by atoms with Gasteiger partial charge in [0.15, 0.2) is 0 Å². The Kier molecular flexibility index (Phi) is 3.86. The first-order chi connectivity index (χ1) is 12.1. The summed E-state index contributed by atoms with van der Waals surface area (Å²) in [4.78, 5) is 22.8. The van der Waals surface area contributed by atoms with Gasteiger partial charge in [-0.25, -0.2) is 4.98 Å². The molecule has 25 heavy (non-hydrogen) atoms. The van der Waals surface area contributed by atoms with Crippen LogP contribution in [0.25, 0.3) is 22.4 Å². The van der Waals surface area contributed by atoms with Crippen molar-refractivity contribution >= 4 is 34.0 Å². The maximum Gasteiger partial charge on any atom is 0.256 e. The summed E-state index contributed by atoms with van der Waals surface area (Å²) in [6, 6.07) is 17.5. The lowest BCUT2D eigenvalue weighted by Crippen LogP contribution is -2.12. The number of H-pyrrole nitrogens is 1. The molecule has 0 saturated heterocycles. The van der Waals surface area contributed by atoms with E-state index < -0.39 is 0 Å². The number of aryl methyl sites for hydroxylation is 2. The molecule has 0 fully saturated rings. The number of hydrogen-bond acceptors (Lipinski definition) is 3. The Labute approximate surface area is 149 Å². The summed E-state index contributed by atoms with van der Waals surface area (Å²) in [5, 5.41) is 3.03. The number of amides is 1. The molecule has 0 bridgehead atoms. The van der Waals surface area contributed by atoms with Crippen molar-refractivity contribution in [3.05, 3.63) is 69.9 Å². The Hall–Kier alpha value is -2.92. The number of para-hydroxylation sites is 3. The lowest BCUT2D eigenvalue weighted by Gasteiger charge is -2.09. The minimum atomic E-state index is -0.0922. The van der Waals surface area contributed by atoms with Crippen LogP contribution < -0.4 is 5.32 Å². The number of nitrogens with zero attached hydrogens (tertiary/aromatic N) is 1. The van der Waals surface area contributed by atoms with Crippen molar-refractivity contribution in [2.45, 2.75) is 13.8 Å². The van der Waals surface area contributed by atoms with E-state index >= 15 is 0 Å². The topological polar surface area (TPSA) is 57.8 Å². The van der Waals surface area contributed by atoms with E-state index in [1.807, 2.05) is 68.4 Å². The van der Waals surface area contributed by atoms with Gasteiger partial charge in [-0.1, -0.05) is 24.3 Å². The fraction of sp³-hybridized carbons (Fsp3) is 0.100. The van der Waals surface area contributed by atoms with Gasteiger partial charge in [-0.3, -0.25) is 4.79 Å². The van der Waals surface area contributed by atoms with Gasteiger partial charge in [0.25, 0.3) is 5.91 Å². The van der Waals surface area contributed by atoms with Gasteiger partial charge in [0.2, 0.25) is 0 Å². The molecule has 0 saturated carbocycles. The highest BCUT2D eigenvalue weighted by Gasteiger charge is 2.15. The smallest absolute Gasteiger partial charge is 0.256 e. The third-order valence-electron chi connectivity index (χ3n) is 4.11. The van der Waals surface area contributed by atoms with Crippen molar-refractivity contribution < 1.29 is 4.79 Å². The van der Waals surface area contributed by atoms with Crippen LogP contribution in [0.15, 0.2) is 54.6 Å². The van der Waals surface area contributed by atoms with E-state index in [2.05, 4.69) is 15.3 Å². The molecule has 0 radical (unpaired) electrons. The van der Waals surface area contributed by atoms with E-state index in [4.69, 9.17) is 0 Å². The molecule has 2 N–H and O–H groups in total. The first-order valence-corrected chi connectivity index (χ1v) is 8.86. The number of aromatic amines is 1. The molecule has 5 heteroatoms. The van der Waals surface area contributed by atoms with Crippen molar-refractivity contribution in [2.24, 2.45) is 0 Å². The highest BCUT2D eigenvalue weighted by Crippen LogP contribution is 2.29. The highest BCUT2D eigenvalue weighted by atomic mass is 32.1. The monoisotopic (exact) mass is 347 g/mol. The minimum Gasteiger partial charge on any atom is -0.338 e. The summed E-state index contributed by atoms with van der Waals surface area (Å²) in [7, 11) is 0. The number of imidazole rings is 1. The molecule has 4 rings (SSSR count). The van der Waals surface area contributed by atoms with E-state index in [-0.39, 0.29) is 5.91 Å². The second kappa shape index (κ2) is 6.18. The van der Waals surface area contributed by atoms with E-state index in [0.717, 1.165) is 43.4 Å². The second-order valence-electron chi connectivity index (χ2n) is 5.93. The molecule has 0 spiro atoms. The molecule has 0 aliphatic carbocycles. The van der Waals surface area contributed by atoms with Crippen LogP contribution in [0.5, 0.6) is 0 Å². The first-order valence-electron chi connectivity index (χ1n) is 8.04. The van der Waals surface area contributed by atoms with Crippen LogP contribution in [-0.4, -0.2) is 15.9 Å². The number of aromatic nitrogens is 2. The van der Waals surface area contributed by atoms with Gasteiger partial charge in [-0.2, -0.15) is 0 Å². The Balaban J connectivity index is 1.71. The largest absolute Gasteiger partial charge is 0.338 e. The minimum absolute atomic E-state index is 0.0922. The van der Waals surface area contributed by atoms with E-state index in [0.29, 0.717) is 0 Å². The fourth-order valence-corrected chi connectivity index (χ4v) is 3.85. The van der Waals surface area contributed by atoms with Crippen molar-refractivity contribution in [3.8, 4) is 11.4 Å². The molecule has 0 aliphatic rings. The Bertz CT molecular complexity index is 1040. The summed E-state index contributed by atoms with van der Waals surface area (Å²) < 4.78 is 0. The summed E-state index contributed by atoms with van der Waals surface area (Å²) >= 11 is 1.63. The van der Waals surface area contributed by atoms with Crippen molar-refractivity contribution in [3.63, 3.8) is 0 Å². The number of thiophene rings is 1. The van der Waals surface area contributed by atoms with E-state index in [1.54, 1.807) is 11.3 Å². The zero-order valence-electron chi connectivity index (χ0n) is 14.0. The van der Waals surface area contributed by atoms with E-state index in [1.165, 1.54) is 0 Å². The molecule has 4 nitrogen and oxygen atoms in total. The number of anilines is 1. The number of rotatable bonds is 3. The maximum atomic E-state index is 12.7. The molecule has 0 atom stereocenters. The lowest BCUT2D eigenvalue weighted by molar-refractivity contribution is 0.102. The van der Waals surface area contributed by atoms with Crippen LogP contribution >= 0.6 is 11.3 Å². The molecule has 0 aliphatic heterocycles. The van der Waals surface area contributed by atoms with Gasteiger partial charge in [0.1, 0.15) is 5.82 Å². The summed E-state index contributed by atoms with van der Waals surface area (Å²) in [6.07, 6.45) is 0. The van der Waals surface area contributed by atoms with Gasteiger partial charge in [-0.15, -0.1) is 11.3 Å². The molecular formula is C20H17N3OS. The summed E-state index contributed by atoms with van der Waals surface area (Å²) in [6.45, 7) is 3.98. The molecule has 2 aromatic heterocycles. The second-order valence-corrected chi connectivity index (χ2v) is 7.39. The quantitative estimate of drug-likeness (QED) is 0.538. The molecule has 1 amide bonds. The molecule has 124 valence electrons. The summed E-state index contributed by atoms with van der Waals surface area (Å²) in [5.41, 5.74) is 4.22. The lowest BCUT2D eigenvalue weighted by atomic mass is 10.1. The van der Waals surface area contributed by atoms with Crippen molar-refractivity contribution in [1.29, 1.82) is 0 Å². The number of nitrogens with one attached hydrogen (secondary N) is 2. The van der Waals surface area contributed by atoms with E-state index in [9.17, 15) is 4.79 Å². The first kappa shape index (κ1) is 15.6. The predicted octanol–water partition coefficient (Wildman–Crippen LogP) is 5.16. The number of hydrogen-bond donors (Lipinski definition) is 2. The molecular weight excluding hydrogens is 330 g/mol. The Morgan fingerprint density at radius 3 is 2.60 bits per heavy atom. The molecule has 2 aromatic carbocycles. The number of fused-ring (bicyclic) bond motifs is 1. The number of benzene rings is 2. The van der Waals surface area contributed by atoms with Crippen LogP contribution in [0.1, 0.15) is 20.1 Å². The molecule has 0 unspecified atom stereocenters. The van der Waals surface area contributed by atoms with Crippen molar-refractivity contribution in [2.75, 3.05) is 5.32 Å². The van der Waals surface area contributed by atoms with Gasteiger partial charge >= 0.3 is 0 Å². The van der Waals surface area contributed by atoms with Gasteiger partial charge in [0, 0.05) is 15.3 Å². The van der Waals surface area contributed by atoms with Crippen LogP contribution in [0.3, 0.4) is 0 Å². The van der Waals surface area contributed by atoms with Gasteiger partial charge in [0.05, 0.1) is 22.3 Å². The fourth-order valence-electron chi connectivity index (χ4n) is 2.92. The maximum absolute atomic E-state index is 12.7. The van der Waals surface area contributed by atoms with Crippen LogP contribution in [-0.2, 0) is 0 Å². The SMILES string of the molecule is Cc1cc(C(=O)Nc2ccccc2-c2nc3ccccc3[nH]2)c(C)s1. The third-order valence-corrected chi connectivity index (χ3v) is 5.07. The Morgan fingerprint density at radius 2 is 1.84 bits per heavy atom. The average molecular weight is 347 g/mol. The summed E-state index contributed by atoms with van der Waals surface area (Å²) in [5.74, 6) is 0.653. The number of carbonyl (C=O) groups excluding carboxylic acids is 1. The number of carbonyl (C=O) groups is 1. The molecule has 4 aromatic rings. The van der Waals surface area contributed by atoms with Gasteiger partial charge in [-0.05, 0) is 44.2 Å². The zero-order chi connectivity index (χ0) is 17.4. The highest BCUT2D eigenvalue weighted by molar-refractivity contribution is 7.12. The Morgan fingerprint density at radius 1 is 1.08 bits per heavy atom. The average Bonchev–Trinajstić information content (AvgIpc) is 3.18. The normalized spacial score (nSPS) is 11.0. The van der Waals surface area contributed by atoms with Crippen LogP contribution in [0, 0.1) is 13.8 Å². The third kappa shape index (κ3) is 2.94. The zero-order valence-corrected chi connectivity index (χ0v) is 14.8. The van der Waals surface area contributed by atoms with Crippen LogP contribution in [0.4, 0.5) is 5.69 Å². The van der Waals surface area contributed by atoms with Gasteiger partial charge < -0.3 is 10.3 Å². The van der Waals surface area contributed by atoms with Crippen molar-refractivity contribution in [1.82, 2.24) is 9.97 Å². The standard InChI is InChI=1S/C20H17N3OS/c1-12-11-15(13(2)25-12)20(24)23-16-8-4-3-7-14(16)19-21-17-9-5-6-10-18(17)22-19/h3-11H,1-2H3,(H,21,22)(H,23,24).